The van der Waals surface area contributed by atoms with Crippen LogP contribution >= 0.6 is 24.4 Å². The number of thioether (sulfide) groups is 1. The van der Waals surface area contributed by atoms with Gasteiger partial charge in [-0.2, -0.15) is 24.4 Å². The van der Waals surface area contributed by atoms with Crippen molar-refractivity contribution in [1.82, 2.24) is 0 Å². The van der Waals surface area contributed by atoms with E-state index in [1.54, 1.807) is 0 Å². The third-order valence-electron chi connectivity index (χ3n) is 3.28. The van der Waals surface area contributed by atoms with Crippen molar-refractivity contribution in [3.05, 3.63) is 0 Å². The summed E-state index contributed by atoms with van der Waals surface area (Å²) in [5.41, 5.74) is 0. The van der Waals surface area contributed by atoms with Crippen molar-refractivity contribution in [2.24, 2.45) is 11.8 Å². The van der Waals surface area contributed by atoms with E-state index in [0.717, 1.165) is 22.8 Å². The zero-order chi connectivity index (χ0) is 10.4. The first-order valence-electron chi connectivity index (χ1n) is 5.96. The van der Waals surface area contributed by atoms with Gasteiger partial charge in [0.15, 0.2) is 0 Å². The van der Waals surface area contributed by atoms with Crippen LogP contribution in [0.2, 0.25) is 0 Å². The Morgan fingerprint density at radius 2 is 1.86 bits per heavy atom. The fourth-order valence-electron chi connectivity index (χ4n) is 1.95. The average molecular weight is 232 g/mol. The summed E-state index contributed by atoms with van der Waals surface area (Å²) >= 11 is 6.65. The summed E-state index contributed by atoms with van der Waals surface area (Å²) in [6, 6.07) is 0. The molecule has 0 nitrogen and oxygen atoms in total. The van der Waals surface area contributed by atoms with Gasteiger partial charge in [-0.15, -0.1) is 0 Å². The number of thiol groups is 1. The van der Waals surface area contributed by atoms with E-state index in [1.165, 1.54) is 37.9 Å². The van der Waals surface area contributed by atoms with E-state index in [4.69, 9.17) is 0 Å². The van der Waals surface area contributed by atoms with E-state index in [9.17, 15) is 0 Å². The summed E-state index contributed by atoms with van der Waals surface area (Å²) in [5.74, 6) is 3.98. The smallest absolute Gasteiger partial charge is 0.00471 e. The van der Waals surface area contributed by atoms with Crippen LogP contribution in [-0.2, 0) is 0 Å². The maximum absolute atomic E-state index is 4.44. The maximum atomic E-state index is 4.44. The van der Waals surface area contributed by atoms with E-state index in [1.807, 2.05) is 0 Å². The van der Waals surface area contributed by atoms with Crippen LogP contribution in [0, 0.1) is 11.8 Å². The summed E-state index contributed by atoms with van der Waals surface area (Å²) < 4.78 is 0. The van der Waals surface area contributed by atoms with Gasteiger partial charge in [0.05, 0.1) is 0 Å². The van der Waals surface area contributed by atoms with Gasteiger partial charge in [0.25, 0.3) is 0 Å². The van der Waals surface area contributed by atoms with Crippen molar-refractivity contribution in [2.75, 3.05) is 11.5 Å². The lowest BCUT2D eigenvalue weighted by molar-refractivity contribution is 0.469. The van der Waals surface area contributed by atoms with Crippen LogP contribution in [0.1, 0.15) is 46.0 Å². The zero-order valence-electron chi connectivity index (χ0n) is 9.54. The molecule has 1 unspecified atom stereocenters. The van der Waals surface area contributed by atoms with E-state index in [0.29, 0.717) is 0 Å². The predicted molar refractivity (Wildman–Crippen MR) is 71.5 cm³/mol. The highest BCUT2D eigenvalue weighted by atomic mass is 32.2. The van der Waals surface area contributed by atoms with E-state index >= 15 is 0 Å². The monoisotopic (exact) mass is 232 g/mol. The zero-order valence-corrected chi connectivity index (χ0v) is 11.2. The van der Waals surface area contributed by atoms with Crippen molar-refractivity contribution >= 4 is 24.4 Å². The highest BCUT2D eigenvalue weighted by Crippen LogP contribution is 2.30. The molecule has 1 fully saturated rings. The minimum Gasteiger partial charge on any atom is -0.179 e. The Morgan fingerprint density at radius 3 is 2.36 bits per heavy atom. The van der Waals surface area contributed by atoms with Crippen molar-refractivity contribution in [1.29, 1.82) is 0 Å². The molecule has 0 aliphatic heterocycles. The van der Waals surface area contributed by atoms with E-state index in [2.05, 4.69) is 38.2 Å². The summed E-state index contributed by atoms with van der Waals surface area (Å²) in [6.07, 6.45) is 7.32. The topological polar surface area (TPSA) is 0 Å². The van der Waals surface area contributed by atoms with Gasteiger partial charge in [0.1, 0.15) is 0 Å². The molecular weight excluding hydrogens is 208 g/mol. The Morgan fingerprint density at radius 1 is 1.21 bits per heavy atom. The van der Waals surface area contributed by atoms with Gasteiger partial charge in [0, 0.05) is 5.25 Å². The molecule has 0 bridgehead atoms. The molecule has 1 saturated carbocycles. The molecule has 0 radical (unpaired) electrons. The molecule has 0 N–H and O–H groups in total. The number of hydrogen-bond donors (Lipinski definition) is 1. The fourth-order valence-corrected chi connectivity index (χ4v) is 4.36. The highest BCUT2D eigenvalue weighted by Gasteiger charge is 2.17. The summed E-state index contributed by atoms with van der Waals surface area (Å²) in [7, 11) is 0. The van der Waals surface area contributed by atoms with Crippen molar-refractivity contribution in [2.45, 2.75) is 51.2 Å². The third-order valence-corrected chi connectivity index (χ3v) is 5.31. The van der Waals surface area contributed by atoms with Gasteiger partial charge in [-0.05, 0) is 36.2 Å². The minimum absolute atomic E-state index is 0.795. The molecule has 0 aromatic rings. The SMILES string of the molecule is CC(C)C(CS)CSC1CCCCC1. The average Bonchev–Trinajstić information content (AvgIpc) is 2.20. The highest BCUT2D eigenvalue weighted by molar-refractivity contribution is 7.99. The Hall–Kier alpha value is 0.700. The Bertz CT molecular complexity index is 139. The van der Waals surface area contributed by atoms with Crippen LogP contribution in [0.4, 0.5) is 0 Å². The van der Waals surface area contributed by atoms with Crippen molar-refractivity contribution in [3.63, 3.8) is 0 Å². The number of rotatable bonds is 5. The van der Waals surface area contributed by atoms with Crippen LogP contribution in [0.3, 0.4) is 0 Å². The quantitative estimate of drug-likeness (QED) is 0.691. The molecule has 0 aromatic carbocycles. The van der Waals surface area contributed by atoms with E-state index in [-0.39, 0.29) is 0 Å². The second kappa shape index (κ2) is 7.05. The maximum Gasteiger partial charge on any atom is 0.00471 e. The van der Waals surface area contributed by atoms with E-state index < -0.39 is 0 Å². The molecule has 0 aromatic heterocycles. The largest absolute Gasteiger partial charge is 0.179 e. The lowest BCUT2D eigenvalue weighted by Crippen LogP contribution is -2.17. The molecule has 2 heteroatoms. The summed E-state index contributed by atoms with van der Waals surface area (Å²) in [4.78, 5) is 0. The van der Waals surface area contributed by atoms with Crippen LogP contribution in [0.5, 0.6) is 0 Å². The molecule has 0 saturated heterocycles. The van der Waals surface area contributed by atoms with Gasteiger partial charge in [-0.1, -0.05) is 33.1 Å². The molecule has 0 heterocycles. The van der Waals surface area contributed by atoms with Gasteiger partial charge in [0.2, 0.25) is 0 Å². The van der Waals surface area contributed by atoms with Gasteiger partial charge >= 0.3 is 0 Å². The molecule has 1 atom stereocenters. The first kappa shape index (κ1) is 12.8. The van der Waals surface area contributed by atoms with Crippen molar-refractivity contribution < 1.29 is 0 Å². The van der Waals surface area contributed by atoms with Crippen molar-refractivity contribution in [3.8, 4) is 0 Å². The fraction of sp³-hybridized carbons (Fsp3) is 1.00. The first-order valence-corrected chi connectivity index (χ1v) is 7.64. The number of hydrogen-bond acceptors (Lipinski definition) is 2. The minimum atomic E-state index is 0.795. The molecule has 1 aliphatic rings. The predicted octanol–water partition coefficient (Wildman–Crippen LogP) is 4.25. The second-order valence-electron chi connectivity index (χ2n) is 4.78. The van der Waals surface area contributed by atoms with Gasteiger partial charge in [-0.3, -0.25) is 0 Å². The third kappa shape index (κ3) is 4.48. The van der Waals surface area contributed by atoms with Crippen LogP contribution in [0.25, 0.3) is 0 Å². The molecule has 1 rings (SSSR count). The van der Waals surface area contributed by atoms with Crippen LogP contribution < -0.4 is 0 Å². The van der Waals surface area contributed by atoms with Crippen LogP contribution in [-0.4, -0.2) is 16.8 Å². The van der Waals surface area contributed by atoms with Gasteiger partial charge < -0.3 is 0 Å². The first-order chi connectivity index (χ1) is 6.74. The molecule has 1 aliphatic carbocycles. The summed E-state index contributed by atoms with van der Waals surface area (Å²) in [5, 5.41) is 0.963. The molecule has 84 valence electrons. The Balaban J connectivity index is 2.16. The lowest BCUT2D eigenvalue weighted by Gasteiger charge is -2.24. The molecule has 14 heavy (non-hydrogen) atoms. The second-order valence-corrected chi connectivity index (χ2v) is 6.48. The normalized spacial score (nSPS) is 21.4. The molecule has 0 amide bonds. The standard InChI is InChI=1S/C12H24S2/c1-10(2)11(8-13)9-14-12-6-4-3-5-7-12/h10-13H,3-9H2,1-2H3. The Labute approximate surface area is 99.0 Å². The summed E-state index contributed by atoms with van der Waals surface area (Å²) in [6.45, 7) is 4.64. The lowest BCUT2D eigenvalue weighted by atomic mass is 10.00. The molecular formula is C12H24S2. The van der Waals surface area contributed by atoms with Crippen LogP contribution in [0.15, 0.2) is 0 Å². The Kier molecular flexibility index (Phi) is 6.43. The van der Waals surface area contributed by atoms with Gasteiger partial charge in [-0.25, -0.2) is 0 Å². The molecule has 0 spiro atoms.